The highest BCUT2D eigenvalue weighted by molar-refractivity contribution is 7.89. The molecule has 10 heteroatoms. The van der Waals surface area contributed by atoms with Gasteiger partial charge in [0.1, 0.15) is 5.00 Å². The number of thiophene rings is 1. The molecule has 1 aromatic carbocycles. The number of likely N-dealkylation sites (N-methyl/N-ethyl adjacent to an activating group) is 1. The summed E-state index contributed by atoms with van der Waals surface area (Å²) >= 11 is 1.47. The van der Waals surface area contributed by atoms with Gasteiger partial charge in [-0.05, 0) is 62.6 Å². The number of carbonyl (C=O) groups is 2. The lowest BCUT2D eigenvalue weighted by atomic mass is 10.0. The topological polar surface area (TPSA) is 90.0 Å². The van der Waals surface area contributed by atoms with Crippen LogP contribution in [0.25, 0.3) is 0 Å². The van der Waals surface area contributed by atoms with Crippen LogP contribution in [0.3, 0.4) is 0 Å². The van der Waals surface area contributed by atoms with Crippen LogP contribution in [-0.4, -0.2) is 74.6 Å². The molecule has 8 nitrogen and oxygen atoms in total. The maximum absolute atomic E-state index is 13.7. The molecular formula is C27H40N4O4S2. The van der Waals surface area contributed by atoms with Crippen molar-refractivity contribution in [3.63, 3.8) is 0 Å². The lowest BCUT2D eigenvalue weighted by Crippen LogP contribution is -2.34. The summed E-state index contributed by atoms with van der Waals surface area (Å²) in [6.45, 7) is 9.53. The highest BCUT2D eigenvalue weighted by atomic mass is 32.2. The summed E-state index contributed by atoms with van der Waals surface area (Å²) in [5.41, 5.74) is 1.99. The first-order valence-corrected chi connectivity index (χ1v) is 15.4. The largest absolute Gasteiger partial charge is 0.339 e. The summed E-state index contributed by atoms with van der Waals surface area (Å²) in [6, 6.07) is 5.99. The van der Waals surface area contributed by atoms with E-state index < -0.39 is 10.0 Å². The van der Waals surface area contributed by atoms with Gasteiger partial charge in [0.05, 0.1) is 10.5 Å². The van der Waals surface area contributed by atoms with E-state index in [2.05, 4.69) is 31.1 Å². The van der Waals surface area contributed by atoms with Crippen LogP contribution in [0.4, 0.5) is 5.00 Å². The van der Waals surface area contributed by atoms with Gasteiger partial charge in [0, 0.05) is 50.2 Å². The van der Waals surface area contributed by atoms with Crippen LogP contribution >= 0.6 is 11.3 Å². The lowest BCUT2D eigenvalue weighted by Gasteiger charge is -2.25. The molecule has 1 N–H and O–H groups in total. The fourth-order valence-corrected chi connectivity index (χ4v) is 7.02. The molecule has 1 aliphatic heterocycles. The van der Waals surface area contributed by atoms with Crippen molar-refractivity contribution in [3.8, 4) is 0 Å². The third-order valence-corrected chi connectivity index (χ3v) is 9.62. The van der Waals surface area contributed by atoms with Gasteiger partial charge in [-0.1, -0.05) is 27.2 Å². The Bertz CT molecular complexity index is 1190. The Labute approximate surface area is 225 Å². The Balaban J connectivity index is 1.88. The zero-order valence-corrected chi connectivity index (χ0v) is 24.3. The van der Waals surface area contributed by atoms with Crippen molar-refractivity contribution in [1.82, 2.24) is 14.1 Å². The van der Waals surface area contributed by atoms with E-state index >= 15 is 0 Å². The van der Waals surface area contributed by atoms with E-state index in [0.717, 1.165) is 55.6 Å². The third-order valence-electron chi connectivity index (χ3n) is 6.61. The first kappa shape index (κ1) is 29.3. The Morgan fingerprint density at radius 2 is 1.68 bits per heavy atom. The van der Waals surface area contributed by atoms with Gasteiger partial charge in [0.25, 0.3) is 11.8 Å². The average Bonchev–Trinajstić information content (AvgIpc) is 3.23. The minimum absolute atomic E-state index is 0.0300. The number of carbonyl (C=O) groups excluding carboxylic acids is 2. The Morgan fingerprint density at radius 3 is 2.27 bits per heavy atom. The van der Waals surface area contributed by atoms with Crippen LogP contribution in [-0.2, 0) is 23.0 Å². The third kappa shape index (κ3) is 6.79. The maximum atomic E-state index is 13.7. The summed E-state index contributed by atoms with van der Waals surface area (Å²) < 4.78 is 27.0. The second-order valence-corrected chi connectivity index (χ2v) is 12.8. The summed E-state index contributed by atoms with van der Waals surface area (Å²) in [5.74, 6) is -0.389. The van der Waals surface area contributed by atoms with Gasteiger partial charge in [0.15, 0.2) is 0 Å². The standard InChI is InChI=1S/C27H40N4O4S2/c1-6-9-17-30(5)37(34,35)21-12-10-20(11-13-21)25(32)28-26-24(27(33)31(15-7-2)16-8-3)22-14-18-29(4)19-23(22)36-26/h10-13H,6-9,14-19H2,1-5H3,(H,28,32). The van der Waals surface area contributed by atoms with Crippen molar-refractivity contribution in [3.05, 3.63) is 45.8 Å². The number of rotatable bonds is 12. The molecule has 2 heterocycles. The lowest BCUT2D eigenvalue weighted by molar-refractivity contribution is 0.0755. The van der Waals surface area contributed by atoms with Crippen LogP contribution in [0, 0.1) is 0 Å². The number of hydrogen-bond acceptors (Lipinski definition) is 6. The number of hydrogen-bond donors (Lipinski definition) is 1. The molecule has 37 heavy (non-hydrogen) atoms. The molecule has 2 aromatic rings. The number of anilines is 1. The molecule has 0 saturated heterocycles. The van der Waals surface area contributed by atoms with Crippen LogP contribution in [0.5, 0.6) is 0 Å². The van der Waals surface area contributed by atoms with Gasteiger partial charge >= 0.3 is 0 Å². The molecule has 0 spiro atoms. The summed E-state index contributed by atoms with van der Waals surface area (Å²) in [7, 11) is 0.0141. The van der Waals surface area contributed by atoms with Crippen molar-refractivity contribution in [1.29, 1.82) is 0 Å². The zero-order valence-electron chi connectivity index (χ0n) is 22.7. The number of nitrogens with one attached hydrogen (secondary N) is 1. The molecule has 0 fully saturated rings. The van der Waals surface area contributed by atoms with E-state index in [-0.39, 0.29) is 16.7 Å². The number of unbranched alkanes of at least 4 members (excludes halogenated alkanes) is 1. The molecule has 204 valence electrons. The number of sulfonamides is 1. The second-order valence-electron chi connectivity index (χ2n) is 9.65. The molecule has 1 aliphatic rings. The van der Waals surface area contributed by atoms with E-state index in [4.69, 9.17) is 0 Å². The molecule has 0 unspecified atom stereocenters. The fourth-order valence-electron chi connectivity index (χ4n) is 4.49. The summed E-state index contributed by atoms with van der Waals surface area (Å²) in [6.07, 6.45) is 4.19. The highest BCUT2D eigenvalue weighted by Gasteiger charge is 2.30. The number of benzene rings is 1. The van der Waals surface area contributed by atoms with Crippen LogP contribution < -0.4 is 5.32 Å². The summed E-state index contributed by atoms with van der Waals surface area (Å²) in [4.78, 5) is 32.2. The first-order valence-electron chi connectivity index (χ1n) is 13.1. The van der Waals surface area contributed by atoms with E-state index in [1.807, 2.05) is 11.8 Å². The van der Waals surface area contributed by atoms with Crippen LogP contribution in [0.15, 0.2) is 29.2 Å². The Hall–Kier alpha value is -2.27. The normalized spacial score (nSPS) is 14.0. The molecule has 0 radical (unpaired) electrons. The molecule has 0 bridgehead atoms. The first-order chi connectivity index (χ1) is 17.6. The van der Waals surface area contributed by atoms with Gasteiger partial charge in [-0.25, -0.2) is 12.7 Å². The van der Waals surface area contributed by atoms with Gasteiger partial charge in [-0.2, -0.15) is 0 Å². The fraction of sp³-hybridized carbons (Fsp3) is 0.556. The van der Waals surface area contributed by atoms with E-state index in [1.165, 1.54) is 39.9 Å². The number of nitrogens with zero attached hydrogens (tertiary/aromatic N) is 3. The van der Waals surface area contributed by atoms with E-state index in [1.54, 1.807) is 7.05 Å². The number of amides is 2. The molecule has 0 atom stereocenters. The van der Waals surface area contributed by atoms with Gasteiger partial charge in [-0.3, -0.25) is 9.59 Å². The molecule has 0 saturated carbocycles. The monoisotopic (exact) mass is 548 g/mol. The van der Waals surface area contributed by atoms with Crippen molar-refractivity contribution in [2.45, 2.75) is 64.3 Å². The Morgan fingerprint density at radius 1 is 1.03 bits per heavy atom. The zero-order chi connectivity index (χ0) is 27.2. The van der Waals surface area contributed by atoms with Gasteiger partial charge < -0.3 is 15.1 Å². The molecule has 1 aromatic heterocycles. The Kier molecular flexibility index (Phi) is 10.3. The SMILES string of the molecule is CCCCN(C)S(=O)(=O)c1ccc(C(=O)Nc2sc3c(c2C(=O)N(CCC)CCC)CCN(C)C3)cc1. The predicted octanol–water partition coefficient (Wildman–Crippen LogP) is 4.67. The smallest absolute Gasteiger partial charge is 0.257 e. The van der Waals surface area contributed by atoms with Gasteiger partial charge in [0.2, 0.25) is 10.0 Å². The molecule has 2 amide bonds. The minimum Gasteiger partial charge on any atom is -0.339 e. The number of fused-ring (bicyclic) bond motifs is 1. The molecule has 0 aliphatic carbocycles. The van der Waals surface area contributed by atoms with Crippen LogP contribution in [0.2, 0.25) is 0 Å². The molecular weight excluding hydrogens is 508 g/mol. The van der Waals surface area contributed by atoms with E-state index in [9.17, 15) is 18.0 Å². The summed E-state index contributed by atoms with van der Waals surface area (Å²) in [5, 5.41) is 3.55. The van der Waals surface area contributed by atoms with Crippen molar-refractivity contribution < 1.29 is 18.0 Å². The van der Waals surface area contributed by atoms with Gasteiger partial charge in [-0.15, -0.1) is 11.3 Å². The predicted molar refractivity (Wildman–Crippen MR) is 150 cm³/mol. The average molecular weight is 549 g/mol. The van der Waals surface area contributed by atoms with Crippen molar-refractivity contribution in [2.75, 3.05) is 45.6 Å². The van der Waals surface area contributed by atoms with E-state index in [0.29, 0.717) is 35.8 Å². The quantitative estimate of drug-likeness (QED) is 0.416. The maximum Gasteiger partial charge on any atom is 0.257 e. The van der Waals surface area contributed by atoms with Crippen LogP contribution in [0.1, 0.15) is 77.6 Å². The highest BCUT2D eigenvalue weighted by Crippen LogP contribution is 2.38. The second kappa shape index (κ2) is 13.0. The van der Waals surface area contributed by atoms with Crippen molar-refractivity contribution >= 4 is 38.2 Å². The molecule has 3 rings (SSSR count). The van der Waals surface area contributed by atoms with Crippen molar-refractivity contribution in [2.24, 2.45) is 0 Å². The minimum atomic E-state index is -3.61.